The molecule has 0 spiro atoms. The van der Waals surface area contributed by atoms with Crippen LogP contribution in [0.25, 0.3) is 0 Å². The van der Waals surface area contributed by atoms with Crippen LogP contribution < -0.4 is 10.1 Å². The molecule has 1 aliphatic heterocycles. The average molecular weight is 422 g/mol. The number of halogens is 2. The lowest BCUT2D eigenvalue weighted by molar-refractivity contribution is -0.120. The van der Waals surface area contributed by atoms with Gasteiger partial charge in [-0.1, -0.05) is 41.4 Å². The molecule has 2 aromatic carbocycles. The Bertz CT molecular complexity index is 802. The summed E-state index contributed by atoms with van der Waals surface area (Å²) in [4.78, 5) is 12.5. The van der Waals surface area contributed by atoms with E-state index in [4.69, 9.17) is 32.7 Å². The summed E-state index contributed by atoms with van der Waals surface area (Å²) in [7, 11) is 0. The van der Waals surface area contributed by atoms with Gasteiger partial charge in [0.1, 0.15) is 5.75 Å². The van der Waals surface area contributed by atoms with Gasteiger partial charge in [0.05, 0.1) is 23.1 Å². The second kappa shape index (κ2) is 9.64. The van der Waals surface area contributed by atoms with E-state index in [1.54, 1.807) is 12.1 Å². The van der Waals surface area contributed by atoms with Gasteiger partial charge >= 0.3 is 0 Å². The molecule has 0 atom stereocenters. The summed E-state index contributed by atoms with van der Waals surface area (Å²) in [6.45, 7) is 4.57. The first-order valence-electron chi connectivity index (χ1n) is 9.54. The first-order valence-corrected chi connectivity index (χ1v) is 10.3. The predicted octanol–water partition coefficient (Wildman–Crippen LogP) is 4.80. The lowest BCUT2D eigenvalue weighted by atomic mass is 9.74. The smallest absolute Gasteiger partial charge is 0.224 e. The van der Waals surface area contributed by atoms with E-state index in [0.717, 1.165) is 24.2 Å². The largest absolute Gasteiger partial charge is 0.494 e. The Labute approximate surface area is 176 Å². The van der Waals surface area contributed by atoms with Crippen molar-refractivity contribution in [2.24, 2.45) is 0 Å². The van der Waals surface area contributed by atoms with Crippen LogP contribution in [0.15, 0.2) is 42.5 Å². The first kappa shape index (κ1) is 21.0. The summed E-state index contributed by atoms with van der Waals surface area (Å²) in [5.41, 5.74) is 1.92. The van der Waals surface area contributed by atoms with Gasteiger partial charge < -0.3 is 14.8 Å². The minimum atomic E-state index is -0.129. The molecule has 6 heteroatoms. The van der Waals surface area contributed by atoms with Crippen LogP contribution >= 0.6 is 23.2 Å². The third kappa shape index (κ3) is 5.19. The molecule has 0 radical (unpaired) electrons. The zero-order valence-electron chi connectivity index (χ0n) is 16.0. The summed E-state index contributed by atoms with van der Waals surface area (Å²) in [6.07, 6.45) is 2.01. The molecule has 0 saturated carbocycles. The summed E-state index contributed by atoms with van der Waals surface area (Å²) >= 11 is 12.0. The van der Waals surface area contributed by atoms with E-state index in [0.29, 0.717) is 36.4 Å². The molecule has 1 N–H and O–H groups in total. The van der Waals surface area contributed by atoms with Crippen LogP contribution in [0.4, 0.5) is 0 Å². The van der Waals surface area contributed by atoms with Crippen molar-refractivity contribution in [2.75, 3.05) is 26.4 Å². The number of nitrogens with one attached hydrogen (secondary N) is 1. The summed E-state index contributed by atoms with van der Waals surface area (Å²) < 4.78 is 11.1. The maximum atomic E-state index is 12.5. The van der Waals surface area contributed by atoms with Crippen molar-refractivity contribution in [3.63, 3.8) is 0 Å². The molecule has 3 rings (SSSR count). The number of benzene rings is 2. The number of rotatable bonds is 7. The van der Waals surface area contributed by atoms with Crippen molar-refractivity contribution in [1.82, 2.24) is 5.32 Å². The minimum absolute atomic E-state index is 0.0322. The molecule has 0 unspecified atom stereocenters. The molecular weight excluding hydrogens is 397 g/mol. The van der Waals surface area contributed by atoms with Crippen molar-refractivity contribution in [3.8, 4) is 5.75 Å². The molecule has 0 bridgehead atoms. The van der Waals surface area contributed by atoms with Crippen LogP contribution in [0.2, 0.25) is 10.0 Å². The van der Waals surface area contributed by atoms with E-state index < -0.39 is 0 Å². The Balaban J connectivity index is 1.68. The number of ether oxygens (including phenoxy) is 2. The molecular formula is C22H25Cl2NO3. The van der Waals surface area contributed by atoms with Gasteiger partial charge in [-0.05, 0) is 55.2 Å². The summed E-state index contributed by atoms with van der Waals surface area (Å²) in [5.74, 6) is 0.826. The van der Waals surface area contributed by atoms with Gasteiger partial charge in [-0.3, -0.25) is 4.79 Å². The van der Waals surface area contributed by atoms with Gasteiger partial charge in [0, 0.05) is 25.2 Å². The maximum absolute atomic E-state index is 12.5. The van der Waals surface area contributed by atoms with E-state index in [2.05, 4.69) is 17.4 Å². The lowest BCUT2D eigenvalue weighted by Gasteiger charge is -2.38. The molecule has 1 aliphatic rings. The van der Waals surface area contributed by atoms with Gasteiger partial charge in [-0.2, -0.15) is 0 Å². The van der Waals surface area contributed by atoms with Crippen molar-refractivity contribution < 1.29 is 14.3 Å². The van der Waals surface area contributed by atoms with Gasteiger partial charge in [0.15, 0.2) is 0 Å². The van der Waals surface area contributed by atoms with Gasteiger partial charge in [0.2, 0.25) is 5.91 Å². The Morgan fingerprint density at radius 2 is 1.82 bits per heavy atom. The molecule has 28 heavy (non-hydrogen) atoms. The van der Waals surface area contributed by atoms with E-state index in [9.17, 15) is 4.79 Å². The van der Waals surface area contributed by atoms with Crippen LogP contribution in [0.3, 0.4) is 0 Å². The number of amides is 1. The van der Waals surface area contributed by atoms with Crippen LogP contribution in [-0.4, -0.2) is 32.3 Å². The minimum Gasteiger partial charge on any atom is -0.494 e. The molecule has 1 fully saturated rings. The summed E-state index contributed by atoms with van der Waals surface area (Å²) in [5, 5.41) is 4.06. The van der Waals surface area contributed by atoms with Crippen molar-refractivity contribution in [3.05, 3.63) is 63.6 Å². The van der Waals surface area contributed by atoms with Crippen LogP contribution in [0.5, 0.6) is 5.75 Å². The number of hydrogen-bond acceptors (Lipinski definition) is 3. The highest BCUT2D eigenvalue weighted by Crippen LogP contribution is 2.35. The Kier molecular flexibility index (Phi) is 7.22. The van der Waals surface area contributed by atoms with Crippen molar-refractivity contribution in [2.45, 2.75) is 31.6 Å². The fraction of sp³-hybridized carbons (Fsp3) is 0.409. The fourth-order valence-corrected chi connectivity index (χ4v) is 3.89. The lowest BCUT2D eigenvalue weighted by Crippen LogP contribution is -2.45. The predicted molar refractivity (Wildman–Crippen MR) is 113 cm³/mol. The molecule has 2 aromatic rings. The fourth-order valence-electron chi connectivity index (χ4n) is 3.57. The quantitative estimate of drug-likeness (QED) is 0.698. The Morgan fingerprint density at radius 3 is 2.46 bits per heavy atom. The van der Waals surface area contributed by atoms with E-state index in [1.165, 1.54) is 5.56 Å². The van der Waals surface area contributed by atoms with Crippen molar-refractivity contribution in [1.29, 1.82) is 0 Å². The van der Waals surface area contributed by atoms with Gasteiger partial charge in [-0.15, -0.1) is 0 Å². The topological polar surface area (TPSA) is 47.6 Å². The molecule has 1 amide bonds. The number of carbonyl (C=O) groups is 1. The van der Waals surface area contributed by atoms with Crippen LogP contribution in [0.1, 0.15) is 30.9 Å². The molecule has 0 aliphatic carbocycles. The van der Waals surface area contributed by atoms with E-state index in [-0.39, 0.29) is 17.7 Å². The van der Waals surface area contributed by atoms with Crippen LogP contribution in [-0.2, 0) is 21.4 Å². The van der Waals surface area contributed by atoms with Gasteiger partial charge in [0.25, 0.3) is 0 Å². The van der Waals surface area contributed by atoms with E-state index >= 15 is 0 Å². The van der Waals surface area contributed by atoms with Crippen molar-refractivity contribution >= 4 is 29.1 Å². The zero-order chi connectivity index (χ0) is 20.0. The third-order valence-electron chi connectivity index (χ3n) is 5.20. The SMILES string of the molecule is CCOc1ccc(C2(CNC(=O)Cc3ccc(Cl)c(Cl)c3)CCOCC2)cc1. The maximum Gasteiger partial charge on any atom is 0.224 e. The third-order valence-corrected chi connectivity index (χ3v) is 5.94. The average Bonchev–Trinajstić information content (AvgIpc) is 2.71. The van der Waals surface area contributed by atoms with Crippen LogP contribution in [0, 0.1) is 0 Å². The highest BCUT2D eigenvalue weighted by Gasteiger charge is 2.34. The normalized spacial score (nSPS) is 15.8. The molecule has 4 nitrogen and oxygen atoms in total. The second-order valence-electron chi connectivity index (χ2n) is 7.05. The number of hydrogen-bond donors (Lipinski definition) is 1. The molecule has 1 saturated heterocycles. The highest BCUT2D eigenvalue weighted by atomic mass is 35.5. The number of carbonyl (C=O) groups excluding carboxylic acids is 1. The molecule has 150 valence electrons. The molecule has 1 heterocycles. The standard InChI is InChI=1S/C22H25Cl2NO3/c1-2-28-18-6-4-17(5-7-18)22(9-11-27-12-10-22)15-25-21(26)14-16-3-8-19(23)20(24)13-16/h3-8,13H,2,9-12,14-15H2,1H3,(H,25,26). The monoisotopic (exact) mass is 421 g/mol. The van der Waals surface area contributed by atoms with E-state index in [1.807, 2.05) is 25.1 Å². The van der Waals surface area contributed by atoms with Gasteiger partial charge in [-0.25, -0.2) is 0 Å². The Morgan fingerprint density at radius 1 is 1.11 bits per heavy atom. The Hall–Kier alpha value is -1.75. The molecule has 0 aromatic heterocycles. The summed E-state index contributed by atoms with van der Waals surface area (Å²) in [6, 6.07) is 13.5. The zero-order valence-corrected chi connectivity index (χ0v) is 17.5. The highest BCUT2D eigenvalue weighted by molar-refractivity contribution is 6.42. The first-order chi connectivity index (χ1) is 13.5. The second-order valence-corrected chi connectivity index (χ2v) is 7.87.